The summed E-state index contributed by atoms with van der Waals surface area (Å²) in [5, 5.41) is 0. The molecule has 92 valence electrons. The van der Waals surface area contributed by atoms with E-state index in [2.05, 4.69) is 31.2 Å². The third-order valence-corrected chi connectivity index (χ3v) is 3.76. The SMILES string of the molecule is CCCCCc1ccc(C2CCCC2=O)cc1. The van der Waals surface area contributed by atoms with E-state index in [-0.39, 0.29) is 5.92 Å². The minimum Gasteiger partial charge on any atom is -0.299 e. The number of rotatable bonds is 5. The summed E-state index contributed by atoms with van der Waals surface area (Å²) in [5.74, 6) is 0.628. The number of benzene rings is 1. The molecule has 1 heteroatoms. The van der Waals surface area contributed by atoms with E-state index in [0.717, 1.165) is 19.3 Å². The molecule has 2 rings (SSSR count). The van der Waals surface area contributed by atoms with Crippen LogP contribution in [0.3, 0.4) is 0 Å². The summed E-state index contributed by atoms with van der Waals surface area (Å²) in [5.41, 5.74) is 2.64. The van der Waals surface area contributed by atoms with Crippen LogP contribution < -0.4 is 0 Å². The molecular formula is C16H22O. The standard InChI is InChI=1S/C16H22O/c1-2-3-4-6-13-9-11-14(12-10-13)15-7-5-8-16(15)17/h9-12,15H,2-8H2,1H3. The first-order valence-corrected chi connectivity index (χ1v) is 6.93. The molecule has 0 bridgehead atoms. The third kappa shape index (κ3) is 3.18. The van der Waals surface area contributed by atoms with Gasteiger partial charge in [-0.05, 0) is 36.8 Å². The lowest BCUT2D eigenvalue weighted by Gasteiger charge is -2.09. The molecule has 0 aliphatic heterocycles. The van der Waals surface area contributed by atoms with Gasteiger partial charge in [0, 0.05) is 12.3 Å². The fourth-order valence-corrected chi connectivity index (χ4v) is 2.66. The fraction of sp³-hybridized carbons (Fsp3) is 0.562. The topological polar surface area (TPSA) is 17.1 Å². The Morgan fingerprint density at radius 2 is 1.94 bits per heavy atom. The van der Waals surface area contributed by atoms with Gasteiger partial charge in [0.25, 0.3) is 0 Å². The van der Waals surface area contributed by atoms with Gasteiger partial charge in [0.05, 0.1) is 0 Å². The van der Waals surface area contributed by atoms with Crippen molar-refractivity contribution < 1.29 is 4.79 Å². The molecule has 1 aliphatic carbocycles. The van der Waals surface area contributed by atoms with Crippen LogP contribution in [-0.4, -0.2) is 5.78 Å². The van der Waals surface area contributed by atoms with Gasteiger partial charge in [-0.1, -0.05) is 44.0 Å². The van der Waals surface area contributed by atoms with Gasteiger partial charge in [-0.15, -0.1) is 0 Å². The minimum absolute atomic E-state index is 0.194. The van der Waals surface area contributed by atoms with Crippen LogP contribution in [0.4, 0.5) is 0 Å². The molecule has 0 saturated heterocycles. The summed E-state index contributed by atoms with van der Waals surface area (Å²) < 4.78 is 0. The number of aryl methyl sites for hydroxylation is 1. The molecule has 1 atom stereocenters. The molecule has 1 aromatic rings. The Hall–Kier alpha value is -1.11. The molecule has 0 heterocycles. The van der Waals surface area contributed by atoms with Gasteiger partial charge in [-0.2, -0.15) is 0 Å². The van der Waals surface area contributed by atoms with Crippen LogP contribution in [0.25, 0.3) is 0 Å². The maximum Gasteiger partial charge on any atom is 0.140 e. The van der Waals surface area contributed by atoms with Crippen molar-refractivity contribution in [2.75, 3.05) is 0 Å². The van der Waals surface area contributed by atoms with Gasteiger partial charge in [0.1, 0.15) is 5.78 Å². The smallest absolute Gasteiger partial charge is 0.140 e. The van der Waals surface area contributed by atoms with E-state index >= 15 is 0 Å². The first kappa shape index (κ1) is 12.3. The van der Waals surface area contributed by atoms with Gasteiger partial charge >= 0.3 is 0 Å². The molecular weight excluding hydrogens is 208 g/mol. The maximum absolute atomic E-state index is 11.7. The molecule has 1 aromatic carbocycles. The Bertz CT molecular complexity index is 364. The van der Waals surface area contributed by atoms with Crippen molar-refractivity contribution >= 4 is 5.78 Å². The number of ketones is 1. The second-order valence-electron chi connectivity index (χ2n) is 5.11. The lowest BCUT2D eigenvalue weighted by Crippen LogP contribution is -2.03. The van der Waals surface area contributed by atoms with Crippen molar-refractivity contribution in [3.05, 3.63) is 35.4 Å². The van der Waals surface area contributed by atoms with Crippen LogP contribution in [0, 0.1) is 0 Å². The second kappa shape index (κ2) is 6.00. The first-order valence-electron chi connectivity index (χ1n) is 6.93. The van der Waals surface area contributed by atoms with E-state index in [4.69, 9.17) is 0 Å². The zero-order valence-corrected chi connectivity index (χ0v) is 10.7. The number of hydrogen-bond acceptors (Lipinski definition) is 1. The van der Waals surface area contributed by atoms with E-state index in [9.17, 15) is 4.79 Å². The van der Waals surface area contributed by atoms with Crippen LogP contribution in [0.5, 0.6) is 0 Å². The zero-order valence-electron chi connectivity index (χ0n) is 10.7. The van der Waals surface area contributed by atoms with Crippen LogP contribution >= 0.6 is 0 Å². The summed E-state index contributed by atoms with van der Waals surface area (Å²) in [6, 6.07) is 8.73. The Labute approximate surface area is 104 Å². The Balaban J connectivity index is 1.95. The van der Waals surface area contributed by atoms with Crippen LogP contribution in [0.15, 0.2) is 24.3 Å². The Morgan fingerprint density at radius 1 is 1.18 bits per heavy atom. The average molecular weight is 230 g/mol. The van der Waals surface area contributed by atoms with E-state index in [1.165, 1.54) is 36.8 Å². The predicted octanol–water partition coefficient (Wildman–Crippen LogP) is 4.26. The molecule has 0 spiro atoms. The minimum atomic E-state index is 0.194. The van der Waals surface area contributed by atoms with E-state index in [1.807, 2.05) is 0 Å². The number of carbonyl (C=O) groups excluding carboxylic acids is 1. The highest BCUT2D eigenvalue weighted by Gasteiger charge is 2.25. The average Bonchev–Trinajstić information content (AvgIpc) is 2.77. The van der Waals surface area contributed by atoms with Gasteiger partial charge in [0.15, 0.2) is 0 Å². The number of unbranched alkanes of at least 4 members (excludes halogenated alkanes) is 2. The van der Waals surface area contributed by atoms with Gasteiger partial charge in [0.2, 0.25) is 0 Å². The molecule has 1 aliphatic rings. The molecule has 0 radical (unpaired) electrons. The number of carbonyl (C=O) groups is 1. The molecule has 0 N–H and O–H groups in total. The summed E-state index contributed by atoms with van der Waals surface area (Å²) in [7, 11) is 0. The summed E-state index contributed by atoms with van der Waals surface area (Å²) in [4.78, 5) is 11.7. The molecule has 1 fully saturated rings. The first-order chi connectivity index (χ1) is 8.31. The Kier molecular flexibility index (Phi) is 4.36. The van der Waals surface area contributed by atoms with Crippen LogP contribution in [0.2, 0.25) is 0 Å². The molecule has 0 amide bonds. The summed E-state index contributed by atoms with van der Waals surface area (Å²) in [6.07, 6.45) is 7.93. The van der Waals surface area contributed by atoms with E-state index in [0.29, 0.717) is 5.78 Å². The van der Waals surface area contributed by atoms with Crippen LogP contribution in [0.1, 0.15) is 62.5 Å². The monoisotopic (exact) mass is 230 g/mol. The largest absolute Gasteiger partial charge is 0.299 e. The highest BCUT2D eigenvalue weighted by Crippen LogP contribution is 2.31. The predicted molar refractivity (Wildman–Crippen MR) is 71.3 cm³/mol. The van der Waals surface area contributed by atoms with E-state index in [1.54, 1.807) is 0 Å². The van der Waals surface area contributed by atoms with Gasteiger partial charge < -0.3 is 0 Å². The van der Waals surface area contributed by atoms with Gasteiger partial charge in [-0.3, -0.25) is 4.79 Å². The lowest BCUT2D eigenvalue weighted by molar-refractivity contribution is -0.118. The lowest BCUT2D eigenvalue weighted by atomic mass is 9.95. The molecule has 1 unspecified atom stereocenters. The van der Waals surface area contributed by atoms with Crippen molar-refractivity contribution in [2.24, 2.45) is 0 Å². The summed E-state index contributed by atoms with van der Waals surface area (Å²) >= 11 is 0. The van der Waals surface area contributed by atoms with Crippen molar-refractivity contribution in [3.8, 4) is 0 Å². The quantitative estimate of drug-likeness (QED) is 0.691. The zero-order chi connectivity index (χ0) is 12.1. The number of hydrogen-bond donors (Lipinski definition) is 0. The molecule has 1 nitrogen and oxygen atoms in total. The third-order valence-electron chi connectivity index (χ3n) is 3.76. The summed E-state index contributed by atoms with van der Waals surface area (Å²) in [6.45, 7) is 2.23. The molecule has 17 heavy (non-hydrogen) atoms. The normalized spacial score (nSPS) is 19.8. The molecule has 1 saturated carbocycles. The highest BCUT2D eigenvalue weighted by molar-refractivity contribution is 5.87. The number of Topliss-reactive ketones (excluding diaryl/α,β-unsaturated/α-hetero) is 1. The van der Waals surface area contributed by atoms with Crippen molar-refractivity contribution in [2.45, 2.75) is 57.8 Å². The maximum atomic E-state index is 11.7. The fourth-order valence-electron chi connectivity index (χ4n) is 2.66. The van der Waals surface area contributed by atoms with Crippen LogP contribution in [-0.2, 0) is 11.2 Å². The highest BCUT2D eigenvalue weighted by atomic mass is 16.1. The van der Waals surface area contributed by atoms with E-state index < -0.39 is 0 Å². The Morgan fingerprint density at radius 3 is 2.53 bits per heavy atom. The van der Waals surface area contributed by atoms with Gasteiger partial charge in [-0.25, -0.2) is 0 Å². The molecule has 0 aromatic heterocycles. The van der Waals surface area contributed by atoms with Crippen molar-refractivity contribution in [1.82, 2.24) is 0 Å². The van der Waals surface area contributed by atoms with Crippen molar-refractivity contribution in [3.63, 3.8) is 0 Å². The second-order valence-corrected chi connectivity index (χ2v) is 5.11. The van der Waals surface area contributed by atoms with Crippen molar-refractivity contribution in [1.29, 1.82) is 0 Å².